The third kappa shape index (κ3) is 5.57. The van der Waals surface area contributed by atoms with Crippen molar-refractivity contribution in [3.63, 3.8) is 0 Å². The van der Waals surface area contributed by atoms with Crippen molar-refractivity contribution in [1.82, 2.24) is 0 Å². The molecule has 5 nitrogen and oxygen atoms in total. The van der Waals surface area contributed by atoms with Crippen LogP contribution in [0, 0.1) is 5.92 Å². The molecule has 2 unspecified atom stereocenters. The molecule has 0 bridgehead atoms. The minimum atomic E-state index is 0. The molecule has 3 N–H and O–H groups in total. The average molecular weight is 402 g/mol. The molecule has 2 aromatic carbocycles. The first-order valence-corrected chi connectivity index (χ1v) is 9.57. The van der Waals surface area contributed by atoms with Gasteiger partial charge < -0.3 is 16.0 Å². The molecule has 2 amide bonds. The topological polar surface area (TPSA) is 75.4 Å². The largest absolute Gasteiger partial charge is 0.328 e. The maximum Gasteiger partial charge on any atom is 0.231 e. The number of likely N-dealkylation sites (N-methyl/N-ethyl adjacent to an activating group) is 1. The molecule has 2 aromatic rings. The average Bonchev–Trinajstić information content (AvgIpc) is 3.11. The summed E-state index contributed by atoms with van der Waals surface area (Å²) in [4.78, 5) is 26.7. The Morgan fingerprint density at radius 2 is 1.75 bits per heavy atom. The predicted octanol–water partition coefficient (Wildman–Crippen LogP) is 3.77. The molecule has 0 aliphatic heterocycles. The van der Waals surface area contributed by atoms with E-state index in [2.05, 4.69) is 5.32 Å². The monoisotopic (exact) mass is 401 g/mol. The maximum atomic E-state index is 12.7. The van der Waals surface area contributed by atoms with Crippen molar-refractivity contribution >= 4 is 35.6 Å². The quantitative estimate of drug-likeness (QED) is 0.773. The molecule has 1 fully saturated rings. The molecule has 150 valence electrons. The van der Waals surface area contributed by atoms with Crippen LogP contribution in [0.2, 0.25) is 0 Å². The van der Waals surface area contributed by atoms with Crippen molar-refractivity contribution < 1.29 is 9.59 Å². The van der Waals surface area contributed by atoms with E-state index < -0.39 is 0 Å². The van der Waals surface area contributed by atoms with Gasteiger partial charge in [-0.05, 0) is 56.0 Å². The SMILES string of the molecule is CCN(C(=O)Cc1ccc(NC(=O)C2CCC(N)C2)cc1)c1ccccc1.Cl. The highest BCUT2D eigenvalue weighted by Crippen LogP contribution is 2.25. The van der Waals surface area contributed by atoms with Gasteiger partial charge in [0.1, 0.15) is 0 Å². The van der Waals surface area contributed by atoms with Gasteiger partial charge >= 0.3 is 0 Å². The predicted molar refractivity (Wildman–Crippen MR) is 116 cm³/mol. The number of para-hydroxylation sites is 1. The number of rotatable bonds is 6. The van der Waals surface area contributed by atoms with Gasteiger partial charge in [0, 0.05) is 29.9 Å². The van der Waals surface area contributed by atoms with Crippen molar-refractivity contribution in [1.29, 1.82) is 0 Å². The van der Waals surface area contributed by atoms with Crippen LogP contribution in [0.3, 0.4) is 0 Å². The zero-order valence-corrected chi connectivity index (χ0v) is 17.0. The molecule has 0 saturated heterocycles. The third-order valence-corrected chi connectivity index (χ3v) is 5.11. The van der Waals surface area contributed by atoms with Crippen LogP contribution < -0.4 is 16.0 Å². The summed E-state index contributed by atoms with van der Waals surface area (Å²) in [7, 11) is 0. The molecule has 28 heavy (non-hydrogen) atoms. The summed E-state index contributed by atoms with van der Waals surface area (Å²) < 4.78 is 0. The number of hydrogen-bond acceptors (Lipinski definition) is 3. The van der Waals surface area contributed by atoms with Crippen LogP contribution in [0.4, 0.5) is 11.4 Å². The van der Waals surface area contributed by atoms with Crippen molar-refractivity contribution in [3.8, 4) is 0 Å². The van der Waals surface area contributed by atoms with Crippen LogP contribution in [0.15, 0.2) is 54.6 Å². The summed E-state index contributed by atoms with van der Waals surface area (Å²) in [5.41, 5.74) is 8.47. The van der Waals surface area contributed by atoms with Crippen LogP contribution in [0.1, 0.15) is 31.7 Å². The molecule has 0 radical (unpaired) electrons. The molecular weight excluding hydrogens is 374 g/mol. The maximum absolute atomic E-state index is 12.7. The van der Waals surface area contributed by atoms with Crippen molar-refractivity contribution in [2.24, 2.45) is 11.7 Å². The zero-order valence-electron chi connectivity index (χ0n) is 16.1. The number of halogens is 1. The second-order valence-electron chi connectivity index (χ2n) is 7.11. The van der Waals surface area contributed by atoms with E-state index in [0.29, 0.717) is 13.0 Å². The van der Waals surface area contributed by atoms with Crippen LogP contribution in [-0.2, 0) is 16.0 Å². The molecule has 0 spiro atoms. The van der Waals surface area contributed by atoms with Crippen LogP contribution in [0.5, 0.6) is 0 Å². The minimum Gasteiger partial charge on any atom is -0.328 e. The molecular formula is C22H28ClN3O2. The van der Waals surface area contributed by atoms with E-state index in [1.807, 2.05) is 61.5 Å². The van der Waals surface area contributed by atoms with Gasteiger partial charge in [-0.25, -0.2) is 0 Å². The highest BCUT2D eigenvalue weighted by atomic mass is 35.5. The van der Waals surface area contributed by atoms with Gasteiger partial charge in [0.15, 0.2) is 0 Å². The Balaban J connectivity index is 0.00000280. The molecule has 3 rings (SSSR count). The number of hydrogen-bond donors (Lipinski definition) is 2. The van der Waals surface area contributed by atoms with Gasteiger partial charge in [-0.1, -0.05) is 30.3 Å². The second kappa shape index (κ2) is 10.2. The van der Waals surface area contributed by atoms with Gasteiger partial charge in [-0.15, -0.1) is 12.4 Å². The molecule has 6 heteroatoms. The van der Waals surface area contributed by atoms with E-state index in [1.54, 1.807) is 4.90 Å². The fourth-order valence-corrected chi connectivity index (χ4v) is 3.59. The van der Waals surface area contributed by atoms with E-state index in [9.17, 15) is 9.59 Å². The first kappa shape index (κ1) is 21.9. The van der Waals surface area contributed by atoms with Crippen molar-refractivity contribution in [3.05, 3.63) is 60.2 Å². The normalized spacial score (nSPS) is 18.2. The number of benzene rings is 2. The lowest BCUT2D eigenvalue weighted by Gasteiger charge is -2.21. The lowest BCUT2D eigenvalue weighted by molar-refractivity contribution is -0.120. The number of anilines is 2. The minimum absolute atomic E-state index is 0. The summed E-state index contributed by atoms with van der Waals surface area (Å²) in [5.74, 6) is 0.0960. The Morgan fingerprint density at radius 3 is 2.32 bits per heavy atom. The zero-order chi connectivity index (χ0) is 19.2. The Hall–Kier alpha value is -2.37. The van der Waals surface area contributed by atoms with Gasteiger partial charge in [0.25, 0.3) is 0 Å². The highest BCUT2D eigenvalue weighted by Gasteiger charge is 2.27. The summed E-state index contributed by atoms with van der Waals surface area (Å²) in [6.07, 6.45) is 2.85. The molecule has 2 atom stereocenters. The van der Waals surface area contributed by atoms with E-state index in [-0.39, 0.29) is 36.2 Å². The molecule has 0 aromatic heterocycles. The fourth-order valence-electron chi connectivity index (χ4n) is 3.59. The Morgan fingerprint density at radius 1 is 1.07 bits per heavy atom. The summed E-state index contributed by atoms with van der Waals surface area (Å²) in [5, 5.41) is 2.95. The van der Waals surface area contributed by atoms with Gasteiger partial charge in [0.05, 0.1) is 6.42 Å². The Kier molecular flexibility index (Phi) is 8.03. The van der Waals surface area contributed by atoms with Crippen LogP contribution in [-0.4, -0.2) is 24.4 Å². The summed E-state index contributed by atoms with van der Waals surface area (Å²) >= 11 is 0. The standard InChI is InChI=1S/C22H27N3O2.ClH/c1-2-25(20-6-4-3-5-7-20)21(26)14-16-8-12-19(13-9-16)24-22(27)17-10-11-18(23)15-17;/h3-9,12-13,17-18H,2,10-11,14-15,23H2,1H3,(H,24,27);1H. The van der Waals surface area contributed by atoms with E-state index in [4.69, 9.17) is 5.73 Å². The second-order valence-corrected chi connectivity index (χ2v) is 7.11. The highest BCUT2D eigenvalue weighted by molar-refractivity contribution is 5.95. The summed E-state index contributed by atoms with van der Waals surface area (Å²) in [6, 6.07) is 17.3. The number of nitrogens with zero attached hydrogens (tertiary/aromatic N) is 1. The first-order valence-electron chi connectivity index (χ1n) is 9.57. The first-order chi connectivity index (χ1) is 13.1. The number of amides is 2. The van der Waals surface area contributed by atoms with E-state index >= 15 is 0 Å². The lowest BCUT2D eigenvalue weighted by Crippen LogP contribution is -2.31. The van der Waals surface area contributed by atoms with Crippen molar-refractivity contribution in [2.45, 2.75) is 38.6 Å². The molecule has 0 heterocycles. The molecule has 1 aliphatic carbocycles. The fraction of sp³-hybridized carbons (Fsp3) is 0.364. The smallest absolute Gasteiger partial charge is 0.231 e. The van der Waals surface area contributed by atoms with Crippen LogP contribution in [0.25, 0.3) is 0 Å². The number of carbonyl (C=O) groups is 2. The Bertz CT molecular complexity index is 780. The third-order valence-electron chi connectivity index (χ3n) is 5.11. The lowest BCUT2D eigenvalue weighted by atomic mass is 10.1. The van der Waals surface area contributed by atoms with Crippen molar-refractivity contribution in [2.75, 3.05) is 16.8 Å². The Labute approximate surface area is 172 Å². The van der Waals surface area contributed by atoms with Gasteiger partial charge in [0.2, 0.25) is 11.8 Å². The summed E-state index contributed by atoms with van der Waals surface area (Å²) in [6.45, 7) is 2.60. The van der Waals surface area contributed by atoms with Crippen LogP contribution >= 0.6 is 12.4 Å². The number of carbonyl (C=O) groups excluding carboxylic acids is 2. The molecule has 1 saturated carbocycles. The van der Waals surface area contributed by atoms with E-state index in [0.717, 1.165) is 36.2 Å². The number of nitrogens with one attached hydrogen (secondary N) is 1. The van der Waals surface area contributed by atoms with Gasteiger partial charge in [-0.3, -0.25) is 9.59 Å². The van der Waals surface area contributed by atoms with E-state index in [1.165, 1.54) is 0 Å². The molecule has 1 aliphatic rings. The number of nitrogens with two attached hydrogens (primary N) is 1. The van der Waals surface area contributed by atoms with Gasteiger partial charge in [-0.2, -0.15) is 0 Å².